The summed E-state index contributed by atoms with van der Waals surface area (Å²) in [7, 11) is 0. The molecule has 1 unspecified atom stereocenters. The van der Waals surface area contributed by atoms with E-state index in [9.17, 15) is 4.79 Å². The highest BCUT2D eigenvalue weighted by molar-refractivity contribution is 5.98. The molecule has 8 heavy (non-hydrogen) atoms. The van der Waals surface area contributed by atoms with Crippen LogP contribution in [0.25, 0.3) is 0 Å². The number of amides is 1. The number of ether oxygens (including phenoxy) is 1. The zero-order chi connectivity index (χ0) is 6.15. The van der Waals surface area contributed by atoms with Gasteiger partial charge in [0, 0.05) is 6.92 Å². The molecule has 1 amide bonds. The van der Waals surface area contributed by atoms with Gasteiger partial charge in [0.25, 0.3) is 5.91 Å². The summed E-state index contributed by atoms with van der Waals surface area (Å²) >= 11 is 0. The van der Waals surface area contributed by atoms with Crippen molar-refractivity contribution in [2.45, 2.75) is 20.0 Å². The molecule has 0 aliphatic carbocycles. The standard InChI is InChI=1S/C5H7NO2/c1-3-5(7)6-4(2)8-3/h3H,1-2H3. The number of hydrogen-bond donors (Lipinski definition) is 0. The molecule has 3 nitrogen and oxygen atoms in total. The first kappa shape index (κ1) is 5.28. The number of hydrogen-bond acceptors (Lipinski definition) is 2. The Bertz CT molecular complexity index is 151. The second-order valence-corrected chi connectivity index (χ2v) is 1.73. The highest BCUT2D eigenvalue weighted by Gasteiger charge is 2.20. The van der Waals surface area contributed by atoms with Crippen LogP contribution < -0.4 is 0 Å². The molecule has 0 saturated heterocycles. The Hall–Kier alpha value is -0.860. The van der Waals surface area contributed by atoms with Crippen LogP contribution >= 0.6 is 0 Å². The fraction of sp³-hybridized carbons (Fsp3) is 0.600. The van der Waals surface area contributed by atoms with Crippen LogP contribution in [0.1, 0.15) is 13.8 Å². The summed E-state index contributed by atoms with van der Waals surface area (Å²) in [6.45, 7) is 3.35. The Labute approximate surface area is 47.4 Å². The molecule has 0 aromatic carbocycles. The van der Waals surface area contributed by atoms with Crippen LogP contribution in [0.4, 0.5) is 0 Å². The van der Waals surface area contributed by atoms with Crippen molar-refractivity contribution >= 4 is 11.8 Å². The van der Waals surface area contributed by atoms with Crippen molar-refractivity contribution in [1.29, 1.82) is 0 Å². The summed E-state index contributed by atoms with van der Waals surface area (Å²) < 4.78 is 4.87. The molecule has 44 valence electrons. The van der Waals surface area contributed by atoms with Crippen molar-refractivity contribution in [2.24, 2.45) is 4.99 Å². The van der Waals surface area contributed by atoms with E-state index in [1.807, 2.05) is 0 Å². The number of aliphatic imine (C=N–C) groups is 1. The third-order valence-electron chi connectivity index (χ3n) is 0.963. The minimum absolute atomic E-state index is 0.178. The van der Waals surface area contributed by atoms with Crippen LogP contribution in [0.3, 0.4) is 0 Å². The SMILES string of the molecule is CC1=NC(=O)C(C)O1. The zero-order valence-corrected chi connectivity index (χ0v) is 4.84. The van der Waals surface area contributed by atoms with Gasteiger partial charge in [-0.05, 0) is 6.92 Å². The molecule has 0 aromatic rings. The van der Waals surface area contributed by atoms with Crippen LogP contribution in [0.15, 0.2) is 4.99 Å². The lowest BCUT2D eigenvalue weighted by molar-refractivity contribution is -0.121. The van der Waals surface area contributed by atoms with Gasteiger partial charge in [-0.25, -0.2) is 0 Å². The van der Waals surface area contributed by atoms with Gasteiger partial charge in [0.2, 0.25) is 0 Å². The first-order valence-electron chi connectivity index (χ1n) is 2.46. The maximum absolute atomic E-state index is 10.5. The van der Waals surface area contributed by atoms with E-state index in [-0.39, 0.29) is 12.0 Å². The fourth-order valence-corrected chi connectivity index (χ4v) is 0.579. The molecule has 0 saturated carbocycles. The lowest BCUT2D eigenvalue weighted by atomic mass is 10.4. The van der Waals surface area contributed by atoms with E-state index >= 15 is 0 Å². The van der Waals surface area contributed by atoms with Crippen molar-refractivity contribution in [1.82, 2.24) is 0 Å². The second-order valence-electron chi connectivity index (χ2n) is 1.73. The van der Waals surface area contributed by atoms with Crippen LogP contribution in [-0.2, 0) is 9.53 Å². The predicted octanol–water partition coefficient (Wildman–Crippen LogP) is 0.350. The van der Waals surface area contributed by atoms with Gasteiger partial charge < -0.3 is 4.74 Å². The number of carbonyl (C=O) groups is 1. The van der Waals surface area contributed by atoms with E-state index in [0.29, 0.717) is 5.90 Å². The molecule has 1 aliphatic heterocycles. The maximum Gasteiger partial charge on any atom is 0.289 e. The smallest absolute Gasteiger partial charge is 0.289 e. The van der Waals surface area contributed by atoms with Crippen LogP contribution in [0.5, 0.6) is 0 Å². The zero-order valence-electron chi connectivity index (χ0n) is 4.84. The summed E-state index contributed by atoms with van der Waals surface area (Å²) in [6.07, 6.45) is -0.352. The van der Waals surface area contributed by atoms with Gasteiger partial charge in [0.1, 0.15) is 0 Å². The minimum Gasteiger partial charge on any atom is -0.468 e. The molecule has 0 radical (unpaired) electrons. The second kappa shape index (κ2) is 1.58. The quantitative estimate of drug-likeness (QED) is 0.454. The molecule has 0 aromatic heterocycles. The van der Waals surface area contributed by atoms with Gasteiger partial charge in [-0.1, -0.05) is 0 Å². The van der Waals surface area contributed by atoms with Gasteiger partial charge in [-0.3, -0.25) is 4.79 Å². The molecule has 0 fully saturated rings. The molecule has 1 rings (SSSR count). The van der Waals surface area contributed by atoms with Crippen molar-refractivity contribution in [3.05, 3.63) is 0 Å². The van der Waals surface area contributed by atoms with E-state index in [0.717, 1.165) is 0 Å². The maximum atomic E-state index is 10.5. The highest BCUT2D eigenvalue weighted by atomic mass is 16.5. The average Bonchev–Trinajstić information content (AvgIpc) is 1.85. The summed E-state index contributed by atoms with van der Waals surface area (Å²) in [5.74, 6) is 0.296. The Morgan fingerprint density at radius 2 is 2.38 bits per heavy atom. The van der Waals surface area contributed by atoms with Gasteiger partial charge in [0.15, 0.2) is 12.0 Å². The first-order chi connectivity index (χ1) is 3.70. The number of nitrogens with zero attached hydrogens (tertiary/aromatic N) is 1. The first-order valence-corrected chi connectivity index (χ1v) is 2.46. The van der Waals surface area contributed by atoms with Gasteiger partial charge >= 0.3 is 0 Å². The molecular weight excluding hydrogens is 106 g/mol. The topological polar surface area (TPSA) is 38.7 Å². The molecular formula is C5H7NO2. The van der Waals surface area contributed by atoms with E-state index in [4.69, 9.17) is 4.74 Å². The van der Waals surface area contributed by atoms with E-state index < -0.39 is 0 Å². The number of rotatable bonds is 0. The molecule has 1 aliphatic rings. The lowest BCUT2D eigenvalue weighted by Crippen LogP contribution is -2.10. The Morgan fingerprint density at radius 1 is 1.75 bits per heavy atom. The predicted molar refractivity (Wildman–Crippen MR) is 28.7 cm³/mol. The molecule has 3 heteroatoms. The fourth-order valence-electron chi connectivity index (χ4n) is 0.579. The summed E-state index contributed by atoms with van der Waals surface area (Å²) in [6, 6.07) is 0. The minimum atomic E-state index is -0.352. The van der Waals surface area contributed by atoms with Gasteiger partial charge in [-0.2, -0.15) is 4.99 Å². The Balaban J connectivity index is 2.70. The third kappa shape index (κ3) is 0.710. The van der Waals surface area contributed by atoms with Crippen molar-refractivity contribution in [3.63, 3.8) is 0 Å². The van der Waals surface area contributed by atoms with Gasteiger partial charge in [0.05, 0.1) is 0 Å². The third-order valence-corrected chi connectivity index (χ3v) is 0.963. The van der Waals surface area contributed by atoms with Crippen molar-refractivity contribution in [3.8, 4) is 0 Å². The van der Waals surface area contributed by atoms with Crippen LogP contribution in [-0.4, -0.2) is 17.9 Å². The summed E-state index contributed by atoms with van der Waals surface area (Å²) in [5, 5.41) is 0. The number of carbonyl (C=O) groups excluding carboxylic acids is 1. The molecule has 0 spiro atoms. The van der Waals surface area contributed by atoms with E-state index in [2.05, 4.69) is 4.99 Å². The normalized spacial score (nSPS) is 27.5. The van der Waals surface area contributed by atoms with Crippen molar-refractivity contribution < 1.29 is 9.53 Å². The van der Waals surface area contributed by atoms with Crippen molar-refractivity contribution in [2.75, 3.05) is 0 Å². The lowest BCUT2D eigenvalue weighted by Gasteiger charge is -1.97. The van der Waals surface area contributed by atoms with Crippen LogP contribution in [0.2, 0.25) is 0 Å². The highest BCUT2D eigenvalue weighted by Crippen LogP contribution is 2.03. The molecule has 1 heterocycles. The molecule has 0 N–H and O–H groups in total. The monoisotopic (exact) mass is 113 g/mol. The van der Waals surface area contributed by atoms with Gasteiger partial charge in [-0.15, -0.1) is 0 Å². The van der Waals surface area contributed by atoms with E-state index in [1.165, 1.54) is 0 Å². The van der Waals surface area contributed by atoms with E-state index in [1.54, 1.807) is 13.8 Å². The Kier molecular flexibility index (Phi) is 1.04. The Morgan fingerprint density at radius 3 is 2.50 bits per heavy atom. The average molecular weight is 113 g/mol. The largest absolute Gasteiger partial charge is 0.468 e. The summed E-state index contributed by atoms with van der Waals surface area (Å²) in [5.41, 5.74) is 0. The molecule has 1 atom stereocenters. The van der Waals surface area contributed by atoms with Crippen LogP contribution in [0, 0.1) is 0 Å². The summed E-state index contributed by atoms with van der Waals surface area (Å²) in [4.78, 5) is 14.0. The molecule has 0 bridgehead atoms.